The topological polar surface area (TPSA) is 50.9 Å². The van der Waals surface area contributed by atoms with Crippen LogP contribution >= 0.6 is 11.3 Å². The molecule has 0 saturated heterocycles. The first-order valence-electron chi connectivity index (χ1n) is 5.99. The Labute approximate surface area is 102 Å². The lowest BCUT2D eigenvalue weighted by Crippen LogP contribution is -2.22. The van der Waals surface area contributed by atoms with Gasteiger partial charge in [-0.2, -0.15) is 0 Å². The van der Waals surface area contributed by atoms with E-state index >= 15 is 0 Å². The largest absolute Gasteiger partial charge is 0.389 e. The standard InChI is InChI=1S/C12H23N3S/c1-4-5-6-7-12(2,3)9-15-11-14-8-10(13)16-11/h8H,4-7,9,13H2,1-3H3,(H,14,15). The molecule has 0 saturated carbocycles. The molecule has 0 aliphatic carbocycles. The van der Waals surface area contributed by atoms with Crippen LogP contribution in [0.4, 0.5) is 10.1 Å². The summed E-state index contributed by atoms with van der Waals surface area (Å²) in [6.45, 7) is 7.80. The van der Waals surface area contributed by atoms with Crippen LogP contribution in [0.2, 0.25) is 0 Å². The predicted molar refractivity (Wildman–Crippen MR) is 72.9 cm³/mol. The summed E-state index contributed by atoms with van der Waals surface area (Å²) < 4.78 is 0. The number of nitrogens with one attached hydrogen (secondary N) is 1. The van der Waals surface area contributed by atoms with E-state index in [-0.39, 0.29) is 0 Å². The summed E-state index contributed by atoms with van der Waals surface area (Å²) in [6.07, 6.45) is 6.89. The minimum absolute atomic E-state index is 0.329. The zero-order chi connectivity index (χ0) is 12.0. The van der Waals surface area contributed by atoms with Crippen molar-refractivity contribution in [1.29, 1.82) is 0 Å². The first-order chi connectivity index (χ1) is 7.53. The fourth-order valence-electron chi connectivity index (χ4n) is 1.63. The van der Waals surface area contributed by atoms with Gasteiger partial charge in [0.15, 0.2) is 5.13 Å². The molecular weight excluding hydrogens is 218 g/mol. The third-order valence-electron chi connectivity index (χ3n) is 2.70. The third kappa shape index (κ3) is 4.84. The van der Waals surface area contributed by atoms with Crippen LogP contribution < -0.4 is 11.1 Å². The molecule has 4 heteroatoms. The molecule has 0 radical (unpaired) electrons. The SMILES string of the molecule is CCCCCC(C)(C)CNc1ncc(N)s1. The lowest BCUT2D eigenvalue weighted by molar-refractivity contribution is 0.342. The summed E-state index contributed by atoms with van der Waals surface area (Å²) in [5.74, 6) is 0. The average Bonchev–Trinajstić information content (AvgIpc) is 2.62. The number of rotatable bonds is 7. The maximum absolute atomic E-state index is 5.63. The van der Waals surface area contributed by atoms with Crippen LogP contribution in [-0.4, -0.2) is 11.5 Å². The number of hydrogen-bond acceptors (Lipinski definition) is 4. The lowest BCUT2D eigenvalue weighted by atomic mass is 9.87. The van der Waals surface area contributed by atoms with Gasteiger partial charge >= 0.3 is 0 Å². The normalized spacial score (nSPS) is 11.7. The molecule has 0 atom stereocenters. The zero-order valence-electron chi connectivity index (χ0n) is 10.5. The Morgan fingerprint density at radius 3 is 2.75 bits per heavy atom. The van der Waals surface area contributed by atoms with Crippen molar-refractivity contribution in [2.24, 2.45) is 5.41 Å². The Morgan fingerprint density at radius 1 is 1.44 bits per heavy atom. The van der Waals surface area contributed by atoms with Gasteiger partial charge in [-0.25, -0.2) is 4.98 Å². The van der Waals surface area contributed by atoms with Gasteiger partial charge in [0.25, 0.3) is 0 Å². The van der Waals surface area contributed by atoms with E-state index < -0.39 is 0 Å². The average molecular weight is 241 g/mol. The number of anilines is 2. The highest BCUT2D eigenvalue weighted by atomic mass is 32.1. The molecule has 0 fully saturated rings. The van der Waals surface area contributed by atoms with Crippen molar-refractivity contribution in [3.8, 4) is 0 Å². The number of nitrogens with zero attached hydrogens (tertiary/aromatic N) is 1. The van der Waals surface area contributed by atoms with Crippen LogP contribution in [0.1, 0.15) is 46.5 Å². The molecule has 3 N–H and O–H groups in total. The molecule has 1 heterocycles. The molecular formula is C12H23N3S. The van der Waals surface area contributed by atoms with E-state index in [1.807, 2.05) is 0 Å². The highest BCUT2D eigenvalue weighted by Crippen LogP contribution is 2.26. The molecule has 0 aromatic carbocycles. The first-order valence-corrected chi connectivity index (χ1v) is 6.80. The second-order valence-electron chi connectivity index (χ2n) is 5.04. The van der Waals surface area contributed by atoms with Gasteiger partial charge in [0.05, 0.1) is 6.20 Å². The van der Waals surface area contributed by atoms with Crippen molar-refractivity contribution in [3.05, 3.63) is 6.20 Å². The Hall–Kier alpha value is -0.770. The van der Waals surface area contributed by atoms with E-state index in [0.29, 0.717) is 5.41 Å². The van der Waals surface area contributed by atoms with E-state index in [2.05, 4.69) is 31.1 Å². The van der Waals surface area contributed by atoms with Gasteiger partial charge < -0.3 is 11.1 Å². The van der Waals surface area contributed by atoms with E-state index in [4.69, 9.17) is 5.73 Å². The number of nitrogens with two attached hydrogens (primary N) is 1. The van der Waals surface area contributed by atoms with E-state index in [1.165, 1.54) is 37.0 Å². The van der Waals surface area contributed by atoms with Crippen LogP contribution in [0.3, 0.4) is 0 Å². The molecule has 1 aromatic heterocycles. The summed E-state index contributed by atoms with van der Waals surface area (Å²) in [6, 6.07) is 0. The van der Waals surface area contributed by atoms with Gasteiger partial charge in [-0.1, -0.05) is 51.4 Å². The van der Waals surface area contributed by atoms with E-state index in [0.717, 1.165) is 16.7 Å². The molecule has 0 amide bonds. The van der Waals surface area contributed by atoms with Crippen LogP contribution in [0.5, 0.6) is 0 Å². The van der Waals surface area contributed by atoms with Crippen molar-refractivity contribution in [1.82, 2.24) is 4.98 Å². The van der Waals surface area contributed by atoms with Gasteiger partial charge in [0.1, 0.15) is 5.00 Å². The quantitative estimate of drug-likeness (QED) is 0.715. The van der Waals surface area contributed by atoms with Gasteiger partial charge in [-0.3, -0.25) is 0 Å². The van der Waals surface area contributed by atoms with E-state index in [9.17, 15) is 0 Å². The second kappa shape index (κ2) is 6.09. The summed E-state index contributed by atoms with van der Waals surface area (Å²) in [5, 5.41) is 5.06. The van der Waals surface area contributed by atoms with E-state index in [1.54, 1.807) is 6.20 Å². The van der Waals surface area contributed by atoms with Crippen LogP contribution in [0, 0.1) is 5.41 Å². The molecule has 92 valence electrons. The molecule has 1 rings (SSSR count). The van der Waals surface area contributed by atoms with Gasteiger partial charge in [0, 0.05) is 6.54 Å². The van der Waals surface area contributed by atoms with Crippen LogP contribution in [-0.2, 0) is 0 Å². The fourth-order valence-corrected chi connectivity index (χ4v) is 2.20. The minimum Gasteiger partial charge on any atom is -0.389 e. The maximum Gasteiger partial charge on any atom is 0.184 e. The molecule has 0 spiro atoms. The monoisotopic (exact) mass is 241 g/mol. The third-order valence-corrected chi connectivity index (χ3v) is 3.48. The number of hydrogen-bond donors (Lipinski definition) is 2. The Balaban J connectivity index is 2.29. The van der Waals surface area contributed by atoms with Crippen LogP contribution in [0.15, 0.2) is 6.20 Å². The molecule has 16 heavy (non-hydrogen) atoms. The van der Waals surface area contributed by atoms with Gasteiger partial charge in [0.2, 0.25) is 0 Å². The Kier molecular flexibility index (Phi) is 5.06. The highest BCUT2D eigenvalue weighted by Gasteiger charge is 2.17. The molecule has 0 bridgehead atoms. The number of aromatic nitrogens is 1. The summed E-state index contributed by atoms with van der Waals surface area (Å²) in [4.78, 5) is 4.20. The summed E-state index contributed by atoms with van der Waals surface area (Å²) in [7, 11) is 0. The molecule has 0 aliphatic heterocycles. The van der Waals surface area contributed by atoms with Gasteiger partial charge in [-0.15, -0.1) is 0 Å². The number of thiazole rings is 1. The van der Waals surface area contributed by atoms with Gasteiger partial charge in [-0.05, 0) is 11.8 Å². The first kappa shape index (κ1) is 13.3. The Bertz CT molecular complexity index is 307. The van der Waals surface area contributed by atoms with Crippen molar-refractivity contribution >= 4 is 21.5 Å². The molecule has 3 nitrogen and oxygen atoms in total. The van der Waals surface area contributed by atoms with Crippen molar-refractivity contribution < 1.29 is 0 Å². The van der Waals surface area contributed by atoms with Crippen LogP contribution in [0.25, 0.3) is 0 Å². The lowest BCUT2D eigenvalue weighted by Gasteiger charge is -2.24. The van der Waals surface area contributed by atoms with Crippen molar-refractivity contribution in [2.75, 3.05) is 17.6 Å². The molecule has 1 aromatic rings. The minimum atomic E-state index is 0.329. The van der Waals surface area contributed by atoms with Crippen molar-refractivity contribution in [3.63, 3.8) is 0 Å². The summed E-state index contributed by atoms with van der Waals surface area (Å²) in [5.41, 5.74) is 5.96. The molecule has 0 aliphatic rings. The number of unbranched alkanes of at least 4 members (excludes halogenated alkanes) is 2. The summed E-state index contributed by atoms with van der Waals surface area (Å²) >= 11 is 1.51. The Morgan fingerprint density at radius 2 is 2.19 bits per heavy atom. The number of nitrogen functional groups attached to an aromatic ring is 1. The second-order valence-corrected chi connectivity index (χ2v) is 6.10. The zero-order valence-corrected chi connectivity index (χ0v) is 11.4. The molecule has 0 unspecified atom stereocenters. The smallest absolute Gasteiger partial charge is 0.184 e. The maximum atomic E-state index is 5.63. The highest BCUT2D eigenvalue weighted by molar-refractivity contribution is 7.19. The predicted octanol–water partition coefficient (Wildman–Crippen LogP) is 3.74. The fraction of sp³-hybridized carbons (Fsp3) is 0.750. The van der Waals surface area contributed by atoms with Crippen molar-refractivity contribution in [2.45, 2.75) is 46.5 Å².